The van der Waals surface area contributed by atoms with Crippen LogP contribution in [0.25, 0.3) is 0 Å². The number of anilines is 1. The molecule has 2 aromatic rings. The van der Waals surface area contributed by atoms with E-state index < -0.39 is 10.0 Å². The van der Waals surface area contributed by atoms with Gasteiger partial charge in [-0.15, -0.1) is 0 Å². The van der Waals surface area contributed by atoms with Gasteiger partial charge < -0.3 is 5.32 Å². The zero-order chi connectivity index (χ0) is 20.1. The Kier molecular flexibility index (Phi) is 6.62. The van der Waals surface area contributed by atoms with Gasteiger partial charge in [0.2, 0.25) is 5.91 Å². The zero-order valence-corrected chi connectivity index (χ0v) is 17.5. The minimum absolute atomic E-state index is 0.114. The molecule has 5 nitrogen and oxygen atoms in total. The molecule has 1 aliphatic rings. The first-order chi connectivity index (χ1) is 13.4. The molecule has 1 aliphatic carbocycles. The van der Waals surface area contributed by atoms with Gasteiger partial charge in [-0.1, -0.05) is 55.1 Å². The molecule has 0 heterocycles. The summed E-state index contributed by atoms with van der Waals surface area (Å²) in [5.74, 6) is -0.300. The fourth-order valence-electron chi connectivity index (χ4n) is 3.54. The fourth-order valence-corrected chi connectivity index (χ4v) is 5.21. The Morgan fingerprint density at radius 3 is 2.43 bits per heavy atom. The second-order valence-corrected chi connectivity index (χ2v) is 9.38. The van der Waals surface area contributed by atoms with E-state index in [4.69, 9.17) is 11.6 Å². The summed E-state index contributed by atoms with van der Waals surface area (Å²) < 4.78 is 27.8. The lowest BCUT2D eigenvalue weighted by molar-refractivity contribution is -0.120. The maximum atomic E-state index is 13.3. The highest BCUT2D eigenvalue weighted by molar-refractivity contribution is 7.92. The average molecular weight is 421 g/mol. The molecule has 0 aliphatic heterocycles. The van der Waals surface area contributed by atoms with E-state index in [9.17, 15) is 13.2 Å². The quantitative estimate of drug-likeness (QED) is 0.757. The minimum atomic E-state index is -3.92. The molecule has 0 unspecified atom stereocenters. The number of amides is 1. The third-order valence-corrected chi connectivity index (χ3v) is 7.28. The number of carbonyl (C=O) groups excluding carboxylic acids is 1. The minimum Gasteiger partial charge on any atom is -0.352 e. The van der Waals surface area contributed by atoms with Crippen LogP contribution in [0.4, 0.5) is 5.69 Å². The van der Waals surface area contributed by atoms with Crippen molar-refractivity contribution in [3.8, 4) is 0 Å². The van der Waals surface area contributed by atoms with Crippen molar-refractivity contribution >= 4 is 33.2 Å². The van der Waals surface area contributed by atoms with Crippen LogP contribution in [0.5, 0.6) is 0 Å². The highest BCUT2D eigenvalue weighted by atomic mass is 35.5. The smallest absolute Gasteiger partial charge is 0.264 e. The first kappa shape index (κ1) is 20.7. The largest absolute Gasteiger partial charge is 0.352 e. The van der Waals surface area contributed by atoms with Gasteiger partial charge in [-0.3, -0.25) is 9.10 Å². The van der Waals surface area contributed by atoms with Crippen molar-refractivity contribution in [2.24, 2.45) is 0 Å². The maximum Gasteiger partial charge on any atom is 0.264 e. The normalized spacial score (nSPS) is 15.2. The summed E-state index contributed by atoms with van der Waals surface area (Å²) in [7, 11) is -3.92. The van der Waals surface area contributed by atoms with E-state index in [2.05, 4.69) is 5.32 Å². The number of sulfonamides is 1. The van der Waals surface area contributed by atoms with Crippen LogP contribution in [0, 0.1) is 6.92 Å². The van der Waals surface area contributed by atoms with E-state index in [1.165, 1.54) is 18.6 Å². The van der Waals surface area contributed by atoms with Crippen LogP contribution in [-0.4, -0.2) is 26.9 Å². The third kappa shape index (κ3) is 4.67. The molecule has 28 heavy (non-hydrogen) atoms. The molecule has 1 N–H and O–H groups in total. The number of rotatable bonds is 6. The van der Waals surface area contributed by atoms with Crippen LogP contribution in [0.2, 0.25) is 5.02 Å². The second kappa shape index (κ2) is 8.97. The van der Waals surface area contributed by atoms with Crippen LogP contribution < -0.4 is 9.62 Å². The molecule has 0 saturated heterocycles. The standard InChI is InChI=1S/C21H25ClN2O3S/c1-16-19(22)13-8-14-20(16)24(28(26,27)18-11-6-3-7-12-18)15-21(25)23-17-9-4-2-5-10-17/h3,6-8,11-14,17H,2,4-5,9-10,15H2,1H3,(H,23,25). The molecule has 2 aromatic carbocycles. The summed E-state index contributed by atoms with van der Waals surface area (Å²) in [6, 6.07) is 13.3. The number of hydrogen-bond donors (Lipinski definition) is 1. The predicted octanol–water partition coefficient (Wildman–Crippen LogP) is 4.29. The number of hydrogen-bond acceptors (Lipinski definition) is 3. The SMILES string of the molecule is Cc1c(Cl)cccc1N(CC(=O)NC1CCCCC1)S(=O)(=O)c1ccccc1. The Morgan fingerprint density at radius 2 is 1.75 bits per heavy atom. The van der Waals surface area contributed by atoms with Crippen molar-refractivity contribution in [3.63, 3.8) is 0 Å². The van der Waals surface area contributed by atoms with E-state index in [0.29, 0.717) is 16.3 Å². The summed E-state index contributed by atoms with van der Waals surface area (Å²) >= 11 is 6.22. The molecule has 3 rings (SSSR count). The van der Waals surface area contributed by atoms with Crippen LogP contribution in [0.3, 0.4) is 0 Å². The topological polar surface area (TPSA) is 66.5 Å². The summed E-state index contributed by atoms with van der Waals surface area (Å²) in [5.41, 5.74) is 1.03. The molecule has 1 fully saturated rings. The first-order valence-electron chi connectivity index (χ1n) is 9.52. The van der Waals surface area contributed by atoms with Crippen molar-refractivity contribution in [3.05, 3.63) is 59.1 Å². The molecule has 0 bridgehead atoms. The number of nitrogens with zero attached hydrogens (tertiary/aromatic N) is 1. The Labute approximate surface area is 171 Å². The predicted molar refractivity (Wildman–Crippen MR) is 112 cm³/mol. The number of halogens is 1. The molecule has 1 saturated carbocycles. The number of carbonyl (C=O) groups is 1. The van der Waals surface area contributed by atoms with E-state index >= 15 is 0 Å². The van der Waals surface area contributed by atoms with Crippen molar-refractivity contribution in [1.29, 1.82) is 0 Å². The van der Waals surface area contributed by atoms with Crippen LogP contribution in [0.15, 0.2) is 53.4 Å². The molecular formula is C21H25ClN2O3S. The van der Waals surface area contributed by atoms with Gasteiger partial charge in [-0.2, -0.15) is 0 Å². The van der Waals surface area contributed by atoms with Gasteiger partial charge in [-0.05, 0) is 49.6 Å². The molecular weight excluding hydrogens is 396 g/mol. The lowest BCUT2D eigenvalue weighted by Gasteiger charge is -2.28. The van der Waals surface area contributed by atoms with Crippen molar-refractivity contribution in [2.45, 2.75) is 50.0 Å². The number of benzene rings is 2. The summed E-state index contributed by atoms with van der Waals surface area (Å²) in [6.07, 6.45) is 5.23. The molecule has 0 spiro atoms. The van der Waals surface area contributed by atoms with Gasteiger partial charge >= 0.3 is 0 Å². The van der Waals surface area contributed by atoms with Crippen LogP contribution in [0.1, 0.15) is 37.7 Å². The zero-order valence-electron chi connectivity index (χ0n) is 15.9. The molecule has 7 heteroatoms. The van der Waals surface area contributed by atoms with Gasteiger partial charge in [-0.25, -0.2) is 8.42 Å². The van der Waals surface area contributed by atoms with Gasteiger partial charge in [0, 0.05) is 11.1 Å². The van der Waals surface area contributed by atoms with E-state index in [0.717, 1.165) is 30.0 Å². The van der Waals surface area contributed by atoms with Crippen molar-refractivity contribution in [2.75, 3.05) is 10.8 Å². The van der Waals surface area contributed by atoms with Crippen LogP contribution >= 0.6 is 11.6 Å². The summed E-state index contributed by atoms with van der Waals surface area (Å²) in [6.45, 7) is 1.47. The second-order valence-electron chi connectivity index (χ2n) is 7.11. The van der Waals surface area contributed by atoms with E-state index in [1.807, 2.05) is 0 Å². The summed E-state index contributed by atoms with van der Waals surface area (Å²) in [5, 5.41) is 3.46. The van der Waals surface area contributed by atoms with Crippen LogP contribution in [-0.2, 0) is 14.8 Å². The Bertz CT molecular complexity index is 926. The highest BCUT2D eigenvalue weighted by Crippen LogP contribution is 2.30. The molecule has 0 atom stereocenters. The van der Waals surface area contributed by atoms with E-state index in [1.54, 1.807) is 43.3 Å². The highest BCUT2D eigenvalue weighted by Gasteiger charge is 2.29. The van der Waals surface area contributed by atoms with E-state index in [-0.39, 0.29) is 23.4 Å². The molecule has 150 valence electrons. The van der Waals surface area contributed by atoms with Gasteiger partial charge in [0.15, 0.2) is 0 Å². The average Bonchev–Trinajstić information content (AvgIpc) is 2.70. The monoisotopic (exact) mass is 420 g/mol. The summed E-state index contributed by atoms with van der Waals surface area (Å²) in [4.78, 5) is 12.9. The third-order valence-electron chi connectivity index (χ3n) is 5.10. The molecule has 0 radical (unpaired) electrons. The molecule has 0 aromatic heterocycles. The Hall–Kier alpha value is -2.05. The van der Waals surface area contributed by atoms with Crippen molar-refractivity contribution in [1.82, 2.24) is 5.32 Å². The van der Waals surface area contributed by atoms with Gasteiger partial charge in [0.25, 0.3) is 10.0 Å². The fraction of sp³-hybridized carbons (Fsp3) is 0.381. The van der Waals surface area contributed by atoms with Crippen molar-refractivity contribution < 1.29 is 13.2 Å². The number of nitrogens with one attached hydrogen (secondary N) is 1. The maximum absolute atomic E-state index is 13.3. The lowest BCUT2D eigenvalue weighted by atomic mass is 9.95. The van der Waals surface area contributed by atoms with Gasteiger partial charge in [0.05, 0.1) is 10.6 Å². The lowest BCUT2D eigenvalue weighted by Crippen LogP contribution is -2.45. The Morgan fingerprint density at radius 1 is 1.07 bits per heavy atom. The first-order valence-corrected chi connectivity index (χ1v) is 11.3. The Balaban J connectivity index is 1.93. The van der Waals surface area contributed by atoms with Gasteiger partial charge in [0.1, 0.15) is 6.54 Å². The molecule has 1 amide bonds.